The summed E-state index contributed by atoms with van der Waals surface area (Å²) in [5.74, 6) is 0. The molecule has 1 saturated carbocycles. The van der Waals surface area contributed by atoms with Gasteiger partial charge in [0.15, 0.2) is 0 Å². The van der Waals surface area contributed by atoms with Crippen LogP contribution in [0.3, 0.4) is 0 Å². The van der Waals surface area contributed by atoms with Crippen LogP contribution in [0.25, 0.3) is 0 Å². The summed E-state index contributed by atoms with van der Waals surface area (Å²) in [5, 5.41) is 10.9. The van der Waals surface area contributed by atoms with Gasteiger partial charge in [-0.1, -0.05) is 17.7 Å². The number of halogens is 1. The Balaban J connectivity index is 2.43. The van der Waals surface area contributed by atoms with E-state index < -0.39 is 4.92 Å². The Kier molecular flexibility index (Phi) is 2.40. The molecule has 2 N–H and O–H groups in total. The fourth-order valence-corrected chi connectivity index (χ4v) is 1.93. The molecule has 1 aromatic rings. The molecule has 2 rings (SSSR count). The van der Waals surface area contributed by atoms with Crippen LogP contribution in [0.5, 0.6) is 0 Å². The molecule has 0 atom stereocenters. The summed E-state index contributed by atoms with van der Waals surface area (Å²) in [5.41, 5.74) is 6.53. The molecule has 5 heteroatoms. The minimum atomic E-state index is -0.460. The topological polar surface area (TPSA) is 69.2 Å². The summed E-state index contributed by atoms with van der Waals surface area (Å²) >= 11 is 5.73. The zero-order valence-electron chi connectivity index (χ0n) is 8.07. The molecule has 0 radical (unpaired) electrons. The van der Waals surface area contributed by atoms with Crippen LogP contribution in [-0.2, 0) is 5.41 Å². The molecule has 15 heavy (non-hydrogen) atoms. The second-order valence-electron chi connectivity index (χ2n) is 3.91. The van der Waals surface area contributed by atoms with Gasteiger partial charge in [-0.3, -0.25) is 10.1 Å². The van der Waals surface area contributed by atoms with E-state index in [9.17, 15) is 10.1 Å². The van der Waals surface area contributed by atoms with Gasteiger partial charge in [0.1, 0.15) is 5.02 Å². The van der Waals surface area contributed by atoms with Crippen LogP contribution in [0.4, 0.5) is 5.69 Å². The lowest BCUT2D eigenvalue weighted by molar-refractivity contribution is -0.384. The smallest absolute Gasteiger partial charge is 0.288 e. The summed E-state index contributed by atoms with van der Waals surface area (Å²) in [7, 11) is 0. The molecule has 1 aliphatic rings. The Morgan fingerprint density at radius 3 is 2.67 bits per heavy atom. The number of rotatable bonds is 3. The quantitative estimate of drug-likeness (QED) is 0.635. The van der Waals surface area contributed by atoms with E-state index in [0.29, 0.717) is 6.54 Å². The summed E-state index contributed by atoms with van der Waals surface area (Å²) in [6, 6.07) is 4.95. The van der Waals surface area contributed by atoms with E-state index in [1.807, 2.05) is 6.07 Å². The van der Waals surface area contributed by atoms with Gasteiger partial charge < -0.3 is 5.73 Å². The van der Waals surface area contributed by atoms with Gasteiger partial charge in [0, 0.05) is 18.0 Å². The van der Waals surface area contributed by atoms with Crippen molar-refractivity contribution in [2.24, 2.45) is 5.73 Å². The van der Waals surface area contributed by atoms with Crippen LogP contribution in [0, 0.1) is 10.1 Å². The Labute approximate surface area is 92.2 Å². The maximum absolute atomic E-state index is 10.7. The predicted molar refractivity (Wildman–Crippen MR) is 58.1 cm³/mol. The van der Waals surface area contributed by atoms with Crippen molar-refractivity contribution in [1.29, 1.82) is 0 Å². The Bertz CT molecular complexity index is 416. The van der Waals surface area contributed by atoms with Crippen LogP contribution in [-0.4, -0.2) is 11.5 Å². The van der Waals surface area contributed by atoms with E-state index in [1.165, 1.54) is 0 Å². The number of nitro benzene ring substituents is 1. The molecule has 1 aliphatic carbocycles. The molecule has 0 saturated heterocycles. The Morgan fingerprint density at radius 1 is 1.53 bits per heavy atom. The van der Waals surface area contributed by atoms with E-state index in [-0.39, 0.29) is 16.1 Å². The van der Waals surface area contributed by atoms with Crippen LogP contribution in [0.1, 0.15) is 18.4 Å². The number of hydrogen-bond acceptors (Lipinski definition) is 3. The number of benzene rings is 1. The molecule has 0 unspecified atom stereocenters. The predicted octanol–water partition coefficient (Wildman–Crippen LogP) is 2.24. The molecule has 0 spiro atoms. The highest BCUT2D eigenvalue weighted by atomic mass is 35.5. The maximum Gasteiger partial charge on any atom is 0.288 e. The third-order valence-electron chi connectivity index (χ3n) is 3.00. The van der Waals surface area contributed by atoms with Gasteiger partial charge in [0.25, 0.3) is 5.69 Å². The molecule has 0 amide bonds. The number of hydrogen-bond donors (Lipinski definition) is 1. The fourth-order valence-electron chi connectivity index (χ4n) is 1.74. The van der Waals surface area contributed by atoms with Crippen LogP contribution < -0.4 is 5.73 Å². The number of nitrogens with two attached hydrogens (primary N) is 1. The molecular formula is C10H11ClN2O2. The minimum Gasteiger partial charge on any atom is -0.330 e. The van der Waals surface area contributed by atoms with Crippen molar-refractivity contribution in [2.75, 3.05) is 6.54 Å². The van der Waals surface area contributed by atoms with Crippen LogP contribution in [0.2, 0.25) is 5.02 Å². The summed E-state index contributed by atoms with van der Waals surface area (Å²) in [4.78, 5) is 10.2. The van der Waals surface area contributed by atoms with Gasteiger partial charge in [-0.25, -0.2) is 0 Å². The van der Waals surface area contributed by atoms with Crippen molar-refractivity contribution in [2.45, 2.75) is 18.3 Å². The molecule has 80 valence electrons. The van der Waals surface area contributed by atoms with Gasteiger partial charge in [0.2, 0.25) is 0 Å². The molecule has 1 fully saturated rings. The van der Waals surface area contributed by atoms with Gasteiger partial charge in [-0.05, 0) is 24.5 Å². The van der Waals surface area contributed by atoms with Crippen molar-refractivity contribution in [3.05, 3.63) is 38.9 Å². The third kappa shape index (κ3) is 1.70. The number of nitro groups is 1. The summed E-state index contributed by atoms with van der Waals surface area (Å²) in [6.45, 7) is 0.534. The van der Waals surface area contributed by atoms with Crippen molar-refractivity contribution < 1.29 is 4.92 Å². The molecule has 0 aromatic heterocycles. The van der Waals surface area contributed by atoms with Gasteiger partial charge in [-0.2, -0.15) is 0 Å². The van der Waals surface area contributed by atoms with Gasteiger partial charge >= 0.3 is 0 Å². The second-order valence-corrected chi connectivity index (χ2v) is 4.31. The largest absolute Gasteiger partial charge is 0.330 e. The van der Waals surface area contributed by atoms with E-state index >= 15 is 0 Å². The standard InChI is InChI=1S/C10H11ClN2O2/c11-8-2-1-7(5-9(8)13(14)15)10(6-12)3-4-10/h1-2,5H,3-4,6,12H2. The Morgan fingerprint density at radius 2 is 2.20 bits per heavy atom. The molecule has 0 heterocycles. The zero-order valence-corrected chi connectivity index (χ0v) is 8.83. The van der Waals surface area contributed by atoms with Crippen LogP contribution >= 0.6 is 11.6 Å². The van der Waals surface area contributed by atoms with Crippen LogP contribution in [0.15, 0.2) is 18.2 Å². The fraction of sp³-hybridized carbons (Fsp3) is 0.400. The van der Waals surface area contributed by atoms with Gasteiger partial charge in [-0.15, -0.1) is 0 Å². The SMILES string of the molecule is NCC1(c2ccc(Cl)c([N+](=O)[O-])c2)CC1. The van der Waals surface area contributed by atoms with E-state index in [4.69, 9.17) is 17.3 Å². The molecule has 4 nitrogen and oxygen atoms in total. The van der Waals surface area contributed by atoms with E-state index in [1.54, 1.807) is 12.1 Å². The molecule has 1 aromatic carbocycles. The minimum absolute atomic E-state index is 0.0324. The average Bonchev–Trinajstić information content (AvgIpc) is 2.99. The molecular weight excluding hydrogens is 216 g/mol. The highest BCUT2D eigenvalue weighted by Gasteiger charge is 2.43. The van der Waals surface area contributed by atoms with Crippen molar-refractivity contribution in [3.63, 3.8) is 0 Å². The van der Waals surface area contributed by atoms with Crippen molar-refractivity contribution >= 4 is 17.3 Å². The normalized spacial score (nSPS) is 17.5. The average molecular weight is 227 g/mol. The first-order chi connectivity index (χ1) is 7.09. The molecule has 0 bridgehead atoms. The number of nitrogens with zero attached hydrogens (tertiary/aromatic N) is 1. The van der Waals surface area contributed by atoms with E-state index in [2.05, 4.69) is 0 Å². The maximum atomic E-state index is 10.7. The highest BCUT2D eigenvalue weighted by Crippen LogP contribution is 2.48. The first-order valence-electron chi connectivity index (χ1n) is 4.73. The molecule has 0 aliphatic heterocycles. The second kappa shape index (κ2) is 3.47. The lowest BCUT2D eigenvalue weighted by Crippen LogP contribution is -2.19. The first-order valence-corrected chi connectivity index (χ1v) is 5.11. The summed E-state index contributed by atoms with van der Waals surface area (Å²) < 4.78 is 0. The monoisotopic (exact) mass is 226 g/mol. The highest BCUT2D eigenvalue weighted by molar-refractivity contribution is 6.32. The van der Waals surface area contributed by atoms with Crippen molar-refractivity contribution in [1.82, 2.24) is 0 Å². The van der Waals surface area contributed by atoms with Gasteiger partial charge in [0.05, 0.1) is 4.92 Å². The Hall–Kier alpha value is -1.13. The van der Waals surface area contributed by atoms with Crippen molar-refractivity contribution in [3.8, 4) is 0 Å². The van der Waals surface area contributed by atoms with E-state index in [0.717, 1.165) is 18.4 Å². The lowest BCUT2D eigenvalue weighted by atomic mass is 9.96. The first kappa shape index (κ1) is 10.4. The third-order valence-corrected chi connectivity index (χ3v) is 3.32. The zero-order chi connectivity index (χ0) is 11.1. The lowest BCUT2D eigenvalue weighted by Gasteiger charge is -2.12. The summed E-state index contributed by atoms with van der Waals surface area (Å²) in [6.07, 6.45) is 2.00.